The molecule has 0 bridgehead atoms. The molecule has 0 unspecified atom stereocenters. The number of furan rings is 1. The Hall–Kier alpha value is -0.990. The average molecular weight is 500 g/mol. The van der Waals surface area contributed by atoms with Gasteiger partial charge in [-0.2, -0.15) is 0 Å². The Morgan fingerprint density at radius 1 is 1.19 bits per heavy atom. The van der Waals surface area contributed by atoms with Gasteiger partial charge in [0.1, 0.15) is 6.17 Å². The third-order valence-corrected chi connectivity index (χ3v) is 4.62. The molecule has 0 saturated heterocycles. The number of thiocarbonyl (C=S) groups is 1. The number of benzene rings is 1. The van der Waals surface area contributed by atoms with Crippen molar-refractivity contribution in [2.75, 3.05) is 5.32 Å². The number of carbonyl (C=O) groups excluding carboxylic acids is 1. The van der Waals surface area contributed by atoms with E-state index in [1.165, 1.54) is 6.07 Å². The number of rotatable bonds is 4. The minimum atomic E-state index is -1.85. The highest BCUT2D eigenvalue weighted by atomic mass is 79.9. The van der Waals surface area contributed by atoms with Gasteiger partial charge in [0.2, 0.25) is 3.79 Å². The second-order valence-electron chi connectivity index (χ2n) is 5.47. The first-order valence-corrected chi connectivity index (χ1v) is 9.67. The van der Waals surface area contributed by atoms with E-state index in [1.54, 1.807) is 6.07 Å². The van der Waals surface area contributed by atoms with Gasteiger partial charge in [-0.15, -0.1) is 0 Å². The summed E-state index contributed by atoms with van der Waals surface area (Å²) in [6.45, 7) is 3.90. The zero-order chi connectivity index (χ0) is 19.5. The third kappa shape index (κ3) is 6.03. The van der Waals surface area contributed by atoms with E-state index in [1.807, 2.05) is 32.0 Å². The summed E-state index contributed by atoms with van der Waals surface area (Å²) in [6.07, 6.45) is -1.09. The minimum absolute atomic E-state index is 0.0614. The monoisotopic (exact) mass is 497 g/mol. The second kappa shape index (κ2) is 8.80. The first-order valence-electron chi connectivity index (χ1n) is 7.34. The van der Waals surface area contributed by atoms with E-state index in [9.17, 15) is 4.79 Å². The molecule has 2 aromatic rings. The maximum absolute atomic E-state index is 12.2. The predicted molar refractivity (Wildman–Crippen MR) is 113 cm³/mol. The van der Waals surface area contributed by atoms with Crippen molar-refractivity contribution >= 4 is 79.7 Å². The molecule has 1 heterocycles. The molecule has 0 radical (unpaired) electrons. The van der Waals surface area contributed by atoms with Gasteiger partial charge in [-0.3, -0.25) is 4.79 Å². The fourth-order valence-electron chi connectivity index (χ4n) is 2.00. The standard InChI is InChI=1S/C16H15BrCl3N3O2S/c1-8-3-4-9(2)10(7-8)21-15(26)23-14(16(18,19)20)22-13(24)11-5-6-12(17)25-11/h3-7,14H,1-2H3,(H,22,24)(H2,21,23,26)/t14-/m0/s1. The van der Waals surface area contributed by atoms with Crippen molar-refractivity contribution in [1.82, 2.24) is 10.6 Å². The fraction of sp³-hybridized carbons (Fsp3) is 0.250. The molecule has 1 aromatic carbocycles. The maximum atomic E-state index is 12.2. The molecule has 0 saturated carbocycles. The number of hydrogen-bond acceptors (Lipinski definition) is 3. The summed E-state index contributed by atoms with van der Waals surface area (Å²) in [5.41, 5.74) is 2.87. The summed E-state index contributed by atoms with van der Waals surface area (Å²) in [7, 11) is 0. The van der Waals surface area contributed by atoms with Crippen LogP contribution >= 0.6 is 63.0 Å². The predicted octanol–water partition coefficient (Wildman–Crippen LogP) is 5.07. The Balaban J connectivity index is 2.08. The number of aryl methyl sites for hydroxylation is 2. The van der Waals surface area contributed by atoms with Crippen LogP contribution in [0.15, 0.2) is 39.4 Å². The van der Waals surface area contributed by atoms with Gasteiger partial charge in [-0.25, -0.2) is 0 Å². The lowest BCUT2D eigenvalue weighted by Crippen LogP contribution is -2.56. The lowest BCUT2D eigenvalue weighted by atomic mass is 10.1. The number of hydrogen-bond donors (Lipinski definition) is 3. The Bertz CT molecular complexity index is 823. The number of carbonyl (C=O) groups is 1. The summed E-state index contributed by atoms with van der Waals surface area (Å²) in [5.74, 6) is -0.500. The number of halogens is 4. The van der Waals surface area contributed by atoms with Gasteiger partial charge in [0, 0.05) is 5.69 Å². The molecule has 10 heteroatoms. The lowest BCUT2D eigenvalue weighted by Gasteiger charge is -2.27. The van der Waals surface area contributed by atoms with Crippen molar-refractivity contribution in [3.05, 3.63) is 51.9 Å². The van der Waals surface area contributed by atoms with E-state index >= 15 is 0 Å². The van der Waals surface area contributed by atoms with Crippen molar-refractivity contribution in [2.24, 2.45) is 0 Å². The smallest absolute Gasteiger partial charge is 0.288 e. The molecule has 5 nitrogen and oxygen atoms in total. The summed E-state index contributed by atoms with van der Waals surface area (Å²) in [6, 6.07) is 8.96. The van der Waals surface area contributed by atoms with E-state index in [4.69, 9.17) is 51.4 Å². The molecule has 2 rings (SSSR count). The summed E-state index contributed by atoms with van der Waals surface area (Å²) >= 11 is 26.3. The van der Waals surface area contributed by atoms with E-state index in [0.717, 1.165) is 16.8 Å². The molecule has 0 aliphatic heterocycles. The highest BCUT2D eigenvalue weighted by molar-refractivity contribution is 9.10. The van der Waals surface area contributed by atoms with Gasteiger partial charge < -0.3 is 20.4 Å². The van der Waals surface area contributed by atoms with Crippen LogP contribution in [0.4, 0.5) is 5.69 Å². The Morgan fingerprint density at radius 3 is 2.46 bits per heavy atom. The Labute approximate surface area is 179 Å². The van der Waals surface area contributed by atoms with E-state index in [-0.39, 0.29) is 10.9 Å². The van der Waals surface area contributed by atoms with Gasteiger partial charge in [0.25, 0.3) is 5.91 Å². The van der Waals surface area contributed by atoms with E-state index < -0.39 is 15.9 Å². The van der Waals surface area contributed by atoms with Gasteiger partial charge in [0.15, 0.2) is 15.5 Å². The molecule has 1 atom stereocenters. The first kappa shape index (κ1) is 21.3. The van der Waals surface area contributed by atoms with Gasteiger partial charge in [-0.1, -0.05) is 46.9 Å². The largest absolute Gasteiger partial charge is 0.444 e. The van der Waals surface area contributed by atoms with Gasteiger partial charge in [-0.05, 0) is 71.3 Å². The van der Waals surface area contributed by atoms with Gasteiger partial charge in [0.05, 0.1) is 0 Å². The topological polar surface area (TPSA) is 66.3 Å². The number of amides is 1. The van der Waals surface area contributed by atoms with Crippen LogP contribution in [-0.2, 0) is 0 Å². The van der Waals surface area contributed by atoms with Crippen LogP contribution in [0.2, 0.25) is 0 Å². The van der Waals surface area contributed by atoms with Crippen LogP contribution < -0.4 is 16.0 Å². The molecule has 26 heavy (non-hydrogen) atoms. The van der Waals surface area contributed by atoms with Crippen LogP contribution in [0.3, 0.4) is 0 Å². The quantitative estimate of drug-likeness (QED) is 0.311. The Kier molecular flexibility index (Phi) is 7.21. The summed E-state index contributed by atoms with van der Waals surface area (Å²) in [5, 5.41) is 8.56. The van der Waals surface area contributed by atoms with Crippen molar-refractivity contribution < 1.29 is 9.21 Å². The SMILES string of the molecule is Cc1ccc(C)c(NC(=S)N[C@H](NC(=O)c2ccc(Br)o2)C(Cl)(Cl)Cl)c1. The van der Waals surface area contributed by atoms with Crippen molar-refractivity contribution in [3.63, 3.8) is 0 Å². The highest BCUT2D eigenvalue weighted by Crippen LogP contribution is 2.29. The maximum Gasteiger partial charge on any atom is 0.288 e. The second-order valence-corrected chi connectivity index (χ2v) is 9.03. The van der Waals surface area contributed by atoms with Crippen molar-refractivity contribution in [1.29, 1.82) is 0 Å². The number of nitrogens with one attached hydrogen (secondary N) is 3. The number of anilines is 1. The van der Waals surface area contributed by atoms with Crippen LogP contribution in [0.1, 0.15) is 21.7 Å². The molecule has 0 aliphatic carbocycles. The van der Waals surface area contributed by atoms with Crippen molar-refractivity contribution in [2.45, 2.75) is 23.8 Å². The molecule has 1 amide bonds. The zero-order valence-corrected chi connectivity index (χ0v) is 18.4. The first-order chi connectivity index (χ1) is 12.1. The highest BCUT2D eigenvalue weighted by Gasteiger charge is 2.35. The van der Waals surface area contributed by atoms with E-state index in [0.29, 0.717) is 4.67 Å². The lowest BCUT2D eigenvalue weighted by molar-refractivity contribution is 0.0905. The molecule has 1 aromatic heterocycles. The third-order valence-electron chi connectivity index (χ3n) is 3.32. The molecule has 140 valence electrons. The number of alkyl halides is 3. The van der Waals surface area contributed by atoms with Crippen LogP contribution in [0, 0.1) is 13.8 Å². The molecule has 0 aliphatic rings. The molecular weight excluding hydrogens is 485 g/mol. The molecular formula is C16H15BrCl3N3O2S. The normalized spacial score (nSPS) is 12.4. The Morgan fingerprint density at radius 2 is 1.88 bits per heavy atom. The van der Waals surface area contributed by atoms with Crippen molar-refractivity contribution in [3.8, 4) is 0 Å². The molecule has 0 fully saturated rings. The average Bonchev–Trinajstić information content (AvgIpc) is 2.96. The van der Waals surface area contributed by atoms with Crippen LogP contribution in [0.5, 0.6) is 0 Å². The minimum Gasteiger partial charge on any atom is -0.444 e. The van der Waals surface area contributed by atoms with Crippen LogP contribution in [0.25, 0.3) is 0 Å². The fourth-order valence-corrected chi connectivity index (χ4v) is 2.86. The summed E-state index contributed by atoms with van der Waals surface area (Å²) in [4.78, 5) is 12.2. The molecule has 0 spiro atoms. The van der Waals surface area contributed by atoms with Crippen LogP contribution in [-0.4, -0.2) is 21.0 Å². The summed E-state index contributed by atoms with van der Waals surface area (Å²) < 4.78 is 3.74. The van der Waals surface area contributed by atoms with E-state index in [2.05, 4.69) is 31.9 Å². The van der Waals surface area contributed by atoms with Gasteiger partial charge >= 0.3 is 0 Å². The zero-order valence-electron chi connectivity index (χ0n) is 13.7. The molecule has 3 N–H and O–H groups in total.